The highest BCUT2D eigenvalue weighted by Crippen LogP contribution is 2.17. The Labute approximate surface area is 105 Å². The van der Waals surface area contributed by atoms with Gasteiger partial charge in [-0.2, -0.15) is 0 Å². The van der Waals surface area contributed by atoms with Crippen molar-refractivity contribution in [3.63, 3.8) is 0 Å². The van der Waals surface area contributed by atoms with Gasteiger partial charge in [0.2, 0.25) is 5.91 Å². The molecular weight excluding hydrogens is 238 g/mol. The number of carbonyl (C=O) groups is 3. The number of hydrogen-bond donors (Lipinski definition) is 3. The van der Waals surface area contributed by atoms with Crippen LogP contribution in [0.4, 0.5) is 4.79 Å². The van der Waals surface area contributed by atoms with Crippen LogP contribution in [0.5, 0.6) is 0 Å². The molecule has 3 amide bonds. The first-order valence-electron chi connectivity index (χ1n) is 6.00. The SMILES string of the molecule is CC(CC(N)=O)NC(=O)N1CCCCC1C(=O)O. The predicted octanol–water partition coefficient (Wildman–Crippen LogP) is -0.101. The lowest BCUT2D eigenvalue weighted by molar-refractivity contribution is -0.143. The molecule has 0 aromatic rings. The Morgan fingerprint density at radius 2 is 2.11 bits per heavy atom. The number of aliphatic carboxylic acids is 1. The highest BCUT2D eigenvalue weighted by atomic mass is 16.4. The molecule has 0 aromatic heterocycles. The second kappa shape index (κ2) is 6.23. The average Bonchev–Trinajstić information content (AvgIpc) is 2.27. The summed E-state index contributed by atoms with van der Waals surface area (Å²) in [6.07, 6.45) is 2.10. The quantitative estimate of drug-likeness (QED) is 0.652. The fraction of sp³-hybridized carbons (Fsp3) is 0.727. The topological polar surface area (TPSA) is 113 Å². The number of nitrogens with two attached hydrogens (primary N) is 1. The van der Waals surface area contributed by atoms with Gasteiger partial charge in [-0.05, 0) is 26.2 Å². The maximum atomic E-state index is 11.9. The first-order chi connectivity index (χ1) is 8.41. The summed E-state index contributed by atoms with van der Waals surface area (Å²) in [6.45, 7) is 2.08. The molecule has 4 N–H and O–H groups in total. The third kappa shape index (κ3) is 3.90. The zero-order valence-electron chi connectivity index (χ0n) is 10.4. The van der Waals surface area contributed by atoms with Crippen LogP contribution in [-0.4, -0.2) is 46.5 Å². The van der Waals surface area contributed by atoms with Crippen LogP contribution in [0.15, 0.2) is 0 Å². The summed E-state index contributed by atoms with van der Waals surface area (Å²) < 4.78 is 0. The number of amides is 3. The number of urea groups is 1. The monoisotopic (exact) mass is 257 g/mol. The molecule has 102 valence electrons. The second-order valence-electron chi connectivity index (χ2n) is 4.56. The fourth-order valence-electron chi connectivity index (χ4n) is 2.08. The Morgan fingerprint density at radius 1 is 1.44 bits per heavy atom. The molecule has 18 heavy (non-hydrogen) atoms. The Kier molecular flexibility index (Phi) is 4.94. The lowest BCUT2D eigenvalue weighted by Crippen LogP contribution is -2.53. The highest BCUT2D eigenvalue weighted by Gasteiger charge is 2.32. The number of nitrogens with zero attached hydrogens (tertiary/aromatic N) is 1. The minimum atomic E-state index is -0.993. The number of carboxylic acid groups (broad SMARTS) is 1. The van der Waals surface area contributed by atoms with Crippen LogP contribution in [0, 0.1) is 0 Å². The third-order valence-corrected chi connectivity index (χ3v) is 2.93. The van der Waals surface area contributed by atoms with Crippen LogP contribution in [-0.2, 0) is 9.59 Å². The van der Waals surface area contributed by atoms with Crippen molar-refractivity contribution in [2.24, 2.45) is 5.73 Å². The van der Waals surface area contributed by atoms with E-state index in [-0.39, 0.29) is 6.42 Å². The van der Waals surface area contributed by atoms with Crippen molar-refractivity contribution in [1.29, 1.82) is 0 Å². The molecule has 1 saturated heterocycles. The summed E-state index contributed by atoms with van der Waals surface area (Å²) in [4.78, 5) is 35.0. The summed E-state index contributed by atoms with van der Waals surface area (Å²) >= 11 is 0. The van der Waals surface area contributed by atoms with Crippen molar-refractivity contribution in [2.75, 3.05) is 6.54 Å². The van der Waals surface area contributed by atoms with Crippen LogP contribution in [0.1, 0.15) is 32.6 Å². The zero-order chi connectivity index (χ0) is 13.7. The minimum Gasteiger partial charge on any atom is -0.480 e. The van der Waals surface area contributed by atoms with Crippen LogP contribution < -0.4 is 11.1 Å². The van der Waals surface area contributed by atoms with Crippen LogP contribution in [0.3, 0.4) is 0 Å². The Balaban J connectivity index is 2.58. The standard InChI is InChI=1S/C11H19N3O4/c1-7(6-9(12)15)13-11(18)14-5-3-2-4-8(14)10(16)17/h7-8H,2-6H2,1H3,(H2,12,15)(H,13,18)(H,16,17). The van der Waals surface area contributed by atoms with Crippen molar-refractivity contribution in [3.05, 3.63) is 0 Å². The van der Waals surface area contributed by atoms with E-state index in [4.69, 9.17) is 10.8 Å². The number of rotatable bonds is 4. The van der Waals surface area contributed by atoms with Crippen LogP contribution >= 0.6 is 0 Å². The number of carboxylic acids is 1. The molecule has 1 aliphatic heterocycles. The summed E-state index contributed by atoms with van der Waals surface area (Å²) in [6, 6.07) is -1.62. The average molecular weight is 257 g/mol. The number of hydrogen-bond acceptors (Lipinski definition) is 3. The van der Waals surface area contributed by atoms with Gasteiger partial charge >= 0.3 is 12.0 Å². The lowest BCUT2D eigenvalue weighted by Gasteiger charge is -2.33. The molecule has 7 nitrogen and oxygen atoms in total. The van der Waals surface area contributed by atoms with E-state index in [9.17, 15) is 14.4 Å². The van der Waals surface area contributed by atoms with Crippen molar-refractivity contribution in [3.8, 4) is 0 Å². The Hall–Kier alpha value is -1.79. The molecule has 0 aliphatic carbocycles. The zero-order valence-corrected chi connectivity index (χ0v) is 10.4. The molecule has 1 rings (SSSR count). The van der Waals surface area contributed by atoms with Crippen LogP contribution in [0.25, 0.3) is 0 Å². The van der Waals surface area contributed by atoms with Gasteiger partial charge in [-0.25, -0.2) is 9.59 Å². The van der Waals surface area contributed by atoms with E-state index in [1.54, 1.807) is 6.92 Å². The number of nitrogens with one attached hydrogen (secondary N) is 1. The van der Waals surface area contributed by atoms with Gasteiger partial charge in [-0.1, -0.05) is 0 Å². The smallest absolute Gasteiger partial charge is 0.326 e. The van der Waals surface area contributed by atoms with E-state index >= 15 is 0 Å². The van der Waals surface area contributed by atoms with Crippen molar-refractivity contribution in [2.45, 2.75) is 44.7 Å². The summed E-state index contributed by atoms with van der Waals surface area (Å²) in [7, 11) is 0. The first-order valence-corrected chi connectivity index (χ1v) is 6.00. The van der Waals surface area contributed by atoms with Crippen molar-refractivity contribution >= 4 is 17.9 Å². The largest absolute Gasteiger partial charge is 0.480 e. The Morgan fingerprint density at radius 3 is 2.67 bits per heavy atom. The number of piperidine rings is 1. The van der Waals surface area contributed by atoms with Gasteiger partial charge in [-0.3, -0.25) is 4.79 Å². The molecule has 2 atom stereocenters. The number of primary amides is 1. The molecule has 1 aliphatic rings. The number of likely N-dealkylation sites (tertiary alicyclic amines) is 1. The van der Waals surface area contributed by atoms with E-state index in [1.807, 2.05) is 0 Å². The van der Waals surface area contributed by atoms with E-state index in [1.165, 1.54) is 4.90 Å². The summed E-state index contributed by atoms with van der Waals surface area (Å²) in [5.74, 6) is -1.50. The van der Waals surface area contributed by atoms with E-state index in [0.29, 0.717) is 13.0 Å². The van der Waals surface area contributed by atoms with Gasteiger partial charge in [0, 0.05) is 19.0 Å². The fourth-order valence-corrected chi connectivity index (χ4v) is 2.08. The van der Waals surface area contributed by atoms with Crippen molar-refractivity contribution in [1.82, 2.24) is 10.2 Å². The lowest BCUT2D eigenvalue weighted by atomic mass is 10.0. The molecule has 7 heteroatoms. The van der Waals surface area contributed by atoms with Crippen molar-refractivity contribution < 1.29 is 19.5 Å². The molecule has 1 fully saturated rings. The minimum absolute atomic E-state index is 0.0390. The Bertz CT molecular complexity index is 345. The van der Waals surface area contributed by atoms with Gasteiger partial charge < -0.3 is 21.1 Å². The highest BCUT2D eigenvalue weighted by molar-refractivity contribution is 5.83. The molecule has 2 unspecified atom stereocenters. The molecule has 0 radical (unpaired) electrons. The maximum absolute atomic E-state index is 11.9. The van der Waals surface area contributed by atoms with E-state index in [2.05, 4.69) is 5.32 Å². The molecule has 1 heterocycles. The van der Waals surface area contributed by atoms with Crippen LogP contribution in [0.2, 0.25) is 0 Å². The van der Waals surface area contributed by atoms with Gasteiger partial charge in [0.15, 0.2) is 0 Å². The molecular formula is C11H19N3O4. The molecule has 0 aromatic carbocycles. The predicted molar refractivity (Wildman–Crippen MR) is 63.8 cm³/mol. The summed E-state index contributed by atoms with van der Waals surface area (Å²) in [5.41, 5.74) is 5.03. The molecule has 0 saturated carbocycles. The van der Waals surface area contributed by atoms with Gasteiger partial charge in [0.1, 0.15) is 6.04 Å². The second-order valence-corrected chi connectivity index (χ2v) is 4.56. The normalized spacial score (nSPS) is 21.2. The first kappa shape index (κ1) is 14.3. The maximum Gasteiger partial charge on any atom is 0.326 e. The van der Waals surface area contributed by atoms with Gasteiger partial charge in [0.25, 0.3) is 0 Å². The van der Waals surface area contributed by atoms with Gasteiger partial charge in [0.05, 0.1) is 0 Å². The van der Waals surface area contributed by atoms with Gasteiger partial charge in [-0.15, -0.1) is 0 Å². The summed E-state index contributed by atoms with van der Waals surface area (Å²) in [5, 5.41) is 11.6. The van der Waals surface area contributed by atoms with E-state index < -0.39 is 30.0 Å². The van der Waals surface area contributed by atoms with E-state index in [0.717, 1.165) is 12.8 Å². The molecule has 0 bridgehead atoms. The third-order valence-electron chi connectivity index (χ3n) is 2.93. The number of carbonyl (C=O) groups excluding carboxylic acids is 2. The molecule has 0 spiro atoms.